The average Bonchev–Trinajstić information content (AvgIpc) is 3.55. The zero-order valence-electron chi connectivity index (χ0n) is 17.1. The van der Waals surface area contributed by atoms with Crippen molar-refractivity contribution in [1.29, 1.82) is 0 Å². The van der Waals surface area contributed by atoms with Crippen molar-refractivity contribution in [2.75, 3.05) is 0 Å². The van der Waals surface area contributed by atoms with Crippen molar-refractivity contribution in [2.24, 2.45) is 0 Å². The molecule has 0 aliphatic rings. The molecule has 0 aliphatic heterocycles. The summed E-state index contributed by atoms with van der Waals surface area (Å²) in [6, 6.07) is 32.4. The van der Waals surface area contributed by atoms with Gasteiger partial charge in [-0.25, -0.2) is 4.68 Å². The van der Waals surface area contributed by atoms with Crippen molar-refractivity contribution < 1.29 is 0 Å². The molecule has 0 fully saturated rings. The smallest absolute Gasteiger partial charge is 0.113 e. The Morgan fingerprint density at radius 1 is 0.594 bits per heavy atom. The summed E-state index contributed by atoms with van der Waals surface area (Å²) < 4.78 is 1.82. The van der Waals surface area contributed by atoms with Crippen LogP contribution in [0.1, 0.15) is 0 Å². The summed E-state index contributed by atoms with van der Waals surface area (Å²) in [5, 5.41) is 20.2. The predicted molar refractivity (Wildman–Crippen MR) is 125 cm³/mol. The minimum Gasteiger partial charge on any atom is -0.219 e. The summed E-state index contributed by atoms with van der Waals surface area (Å²) in [6.07, 6.45) is 3.74. The van der Waals surface area contributed by atoms with Gasteiger partial charge in [-0.15, -0.1) is 10.2 Å². The van der Waals surface area contributed by atoms with E-state index in [1.165, 1.54) is 0 Å². The summed E-state index contributed by atoms with van der Waals surface area (Å²) in [4.78, 5) is 1.68. The van der Waals surface area contributed by atoms with Crippen LogP contribution < -0.4 is 0 Å². The second kappa shape index (κ2) is 7.59. The Hall–Kier alpha value is -4.58. The summed E-state index contributed by atoms with van der Waals surface area (Å²) in [7, 11) is 0. The Morgan fingerprint density at radius 2 is 1.25 bits per heavy atom. The van der Waals surface area contributed by atoms with Gasteiger partial charge in [0.15, 0.2) is 0 Å². The van der Waals surface area contributed by atoms with Crippen molar-refractivity contribution in [3.63, 3.8) is 0 Å². The first-order valence-electron chi connectivity index (χ1n) is 10.3. The molecule has 0 N–H and O–H groups in total. The van der Waals surface area contributed by atoms with Crippen molar-refractivity contribution in [3.8, 4) is 33.9 Å². The number of nitrogens with zero attached hydrogens (tertiary/aromatic N) is 6. The second-order valence-corrected chi connectivity index (χ2v) is 7.45. The lowest BCUT2D eigenvalue weighted by molar-refractivity contribution is 0.756. The summed E-state index contributed by atoms with van der Waals surface area (Å²) >= 11 is 0. The number of benzene rings is 4. The van der Waals surface area contributed by atoms with E-state index in [4.69, 9.17) is 5.10 Å². The van der Waals surface area contributed by atoms with E-state index >= 15 is 0 Å². The minimum absolute atomic E-state index is 0.823. The van der Waals surface area contributed by atoms with Gasteiger partial charge in [-0.1, -0.05) is 90.1 Å². The van der Waals surface area contributed by atoms with Gasteiger partial charge >= 0.3 is 0 Å². The average molecular weight is 414 g/mol. The number of hydrogen-bond acceptors (Lipinski definition) is 4. The van der Waals surface area contributed by atoms with Gasteiger partial charge in [0, 0.05) is 16.5 Å². The van der Waals surface area contributed by atoms with Gasteiger partial charge in [-0.05, 0) is 17.5 Å². The van der Waals surface area contributed by atoms with Crippen LogP contribution in [0.3, 0.4) is 0 Å². The molecule has 6 rings (SSSR count). The standard InChI is InChI=1S/C26H18N6/c1-3-9-19(10-4-1)22-17-27-32(29-22)25-16-8-14-21-13-7-15-24(26(21)25)31-18-23(28-30-31)20-11-5-2-6-12-20/h1-18H. The molecule has 0 saturated carbocycles. The van der Waals surface area contributed by atoms with Crippen LogP contribution in [-0.4, -0.2) is 30.0 Å². The van der Waals surface area contributed by atoms with Crippen molar-refractivity contribution in [1.82, 2.24) is 30.0 Å². The lowest BCUT2D eigenvalue weighted by Gasteiger charge is -2.10. The molecule has 0 bridgehead atoms. The minimum atomic E-state index is 0.823. The molecule has 6 nitrogen and oxygen atoms in total. The molecule has 0 atom stereocenters. The molecular formula is C26H18N6. The van der Waals surface area contributed by atoms with Gasteiger partial charge < -0.3 is 0 Å². The molecule has 6 heteroatoms. The molecular weight excluding hydrogens is 396 g/mol. The van der Waals surface area contributed by atoms with E-state index in [2.05, 4.69) is 27.5 Å². The van der Waals surface area contributed by atoms with Gasteiger partial charge in [0.1, 0.15) is 11.4 Å². The molecule has 2 aromatic heterocycles. The van der Waals surface area contributed by atoms with E-state index < -0.39 is 0 Å². The van der Waals surface area contributed by atoms with Crippen LogP contribution in [0.2, 0.25) is 0 Å². The van der Waals surface area contributed by atoms with E-state index in [0.717, 1.165) is 44.7 Å². The predicted octanol–water partition coefficient (Wildman–Crippen LogP) is 5.34. The van der Waals surface area contributed by atoms with Gasteiger partial charge in [0.05, 0.1) is 23.8 Å². The van der Waals surface area contributed by atoms with E-state index in [-0.39, 0.29) is 0 Å². The molecule has 0 aliphatic carbocycles. The van der Waals surface area contributed by atoms with Crippen LogP contribution in [0.25, 0.3) is 44.7 Å². The molecule has 0 amide bonds. The van der Waals surface area contributed by atoms with Crippen molar-refractivity contribution >= 4 is 10.8 Å². The van der Waals surface area contributed by atoms with Crippen molar-refractivity contribution in [3.05, 3.63) is 109 Å². The van der Waals surface area contributed by atoms with Crippen LogP contribution in [0.15, 0.2) is 109 Å². The van der Waals surface area contributed by atoms with Crippen LogP contribution in [0, 0.1) is 0 Å². The molecule has 0 unspecified atom stereocenters. The largest absolute Gasteiger partial charge is 0.219 e. The van der Waals surface area contributed by atoms with Crippen molar-refractivity contribution in [2.45, 2.75) is 0 Å². The Kier molecular flexibility index (Phi) is 4.32. The monoisotopic (exact) mass is 414 g/mol. The lowest BCUT2D eigenvalue weighted by atomic mass is 10.1. The highest BCUT2D eigenvalue weighted by Gasteiger charge is 2.14. The highest BCUT2D eigenvalue weighted by atomic mass is 15.5. The first-order valence-corrected chi connectivity index (χ1v) is 10.3. The molecule has 0 spiro atoms. The Balaban J connectivity index is 1.49. The molecule has 32 heavy (non-hydrogen) atoms. The first-order chi connectivity index (χ1) is 15.9. The lowest BCUT2D eigenvalue weighted by Crippen LogP contribution is -2.03. The molecule has 0 saturated heterocycles. The van der Waals surface area contributed by atoms with Gasteiger partial charge in [0.25, 0.3) is 0 Å². The molecule has 152 valence electrons. The number of aromatic nitrogens is 6. The first kappa shape index (κ1) is 18.2. The third-order valence-electron chi connectivity index (χ3n) is 5.45. The Morgan fingerprint density at radius 3 is 1.97 bits per heavy atom. The van der Waals surface area contributed by atoms with Gasteiger partial charge in [-0.3, -0.25) is 0 Å². The van der Waals surface area contributed by atoms with Crippen LogP contribution in [-0.2, 0) is 0 Å². The summed E-state index contributed by atoms with van der Waals surface area (Å²) in [6.45, 7) is 0. The quantitative estimate of drug-likeness (QED) is 0.391. The Labute approximate surface area is 184 Å². The highest BCUT2D eigenvalue weighted by Crippen LogP contribution is 2.29. The van der Waals surface area contributed by atoms with Crippen LogP contribution in [0.4, 0.5) is 0 Å². The third-order valence-corrected chi connectivity index (χ3v) is 5.45. The van der Waals surface area contributed by atoms with Gasteiger partial charge in [-0.2, -0.15) is 9.90 Å². The van der Waals surface area contributed by atoms with Crippen LogP contribution >= 0.6 is 0 Å². The normalized spacial score (nSPS) is 11.1. The van der Waals surface area contributed by atoms with Crippen LogP contribution in [0.5, 0.6) is 0 Å². The fourth-order valence-corrected chi connectivity index (χ4v) is 3.90. The zero-order valence-corrected chi connectivity index (χ0v) is 17.1. The third kappa shape index (κ3) is 3.15. The fraction of sp³-hybridized carbons (Fsp3) is 0. The van der Waals surface area contributed by atoms with E-state index in [9.17, 15) is 0 Å². The van der Waals surface area contributed by atoms with Gasteiger partial charge in [0.2, 0.25) is 0 Å². The maximum Gasteiger partial charge on any atom is 0.113 e. The molecule has 2 heterocycles. The molecule has 4 aromatic carbocycles. The maximum atomic E-state index is 4.75. The highest BCUT2D eigenvalue weighted by molar-refractivity contribution is 5.96. The molecule has 6 aromatic rings. The number of hydrogen-bond donors (Lipinski definition) is 0. The summed E-state index contributed by atoms with van der Waals surface area (Å²) in [5.41, 5.74) is 5.52. The summed E-state index contributed by atoms with van der Waals surface area (Å²) in [5.74, 6) is 0. The second-order valence-electron chi connectivity index (χ2n) is 7.45. The zero-order chi connectivity index (χ0) is 21.3. The van der Waals surface area contributed by atoms with E-state index in [0.29, 0.717) is 0 Å². The molecule has 0 radical (unpaired) electrons. The van der Waals surface area contributed by atoms with E-state index in [1.807, 2.05) is 95.8 Å². The fourth-order valence-electron chi connectivity index (χ4n) is 3.90. The SMILES string of the molecule is c1ccc(-c2cn(-c3cccc4cccc(-n5ncc(-c6ccccc6)n5)c34)nn2)cc1. The van der Waals surface area contributed by atoms with E-state index in [1.54, 1.807) is 11.0 Å². The topological polar surface area (TPSA) is 61.4 Å². The number of rotatable bonds is 4. The number of fused-ring (bicyclic) bond motifs is 1. The Bertz CT molecular complexity index is 1400. The maximum absolute atomic E-state index is 4.75.